The van der Waals surface area contributed by atoms with Gasteiger partial charge in [-0.3, -0.25) is 9.59 Å². The van der Waals surface area contributed by atoms with Crippen LogP contribution in [-0.2, 0) is 9.59 Å². The van der Waals surface area contributed by atoms with Crippen molar-refractivity contribution < 1.29 is 9.59 Å². The largest absolute Gasteiger partial charge is 0.333 e. The van der Waals surface area contributed by atoms with Gasteiger partial charge in [-0.1, -0.05) is 20.3 Å². The summed E-state index contributed by atoms with van der Waals surface area (Å²) in [5.74, 6) is 0.431. The Bertz CT molecular complexity index is 509. The minimum atomic E-state index is -0.169. The van der Waals surface area contributed by atoms with Gasteiger partial charge in [-0.25, -0.2) is 4.98 Å². The first-order chi connectivity index (χ1) is 9.95. The van der Waals surface area contributed by atoms with Gasteiger partial charge in [0.25, 0.3) is 0 Å². The second kappa shape index (κ2) is 7.02. The van der Waals surface area contributed by atoms with Gasteiger partial charge in [0, 0.05) is 23.5 Å². The molecular formula is C15H23N3O2S. The molecule has 1 saturated carbocycles. The zero-order valence-corrected chi connectivity index (χ0v) is 13.7. The summed E-state index contributed by atoms with van der Waals surface area (Å²) in [5.41, 5.74) is 0. The summed E-state index contributed by atoms with van der Waals surface area (Å²) in [6, 6.07) is 0. The molecule has 1 fully saturated rings. The van der Waals surface area contributed by atoms with E-state index in [2.05, 4.69) is 24.1 Å². The number of amides is 2. The van der Waals surface area contributed by atoms with E-state index in [-0.39, 0.29) is 24.3 Å². The molecule has 0 atom stereocenters. The maximum Gasteiger partial charge on any atom is 0.245 e. The van der Waals surface area contributed by atoms with Crippen molar-refractivity contribution in [3.8, 4) is 0 Å². The third-order valence-electron chi connectivity index (χ3n) is 3.55. The zero-order valence-electron chi connectivity index (χ0n) is 12.9. The smallest absolute Gasteiger partial charge is 0.245 e. The van der Waals surface area contributed by atoms with Crippen LogP contribution in [0.2, 0.25) is 0 Å². The SMILES string of the molecule is Cc1cnc(NC(=O)CN(CC(C)C)C(=O)C2CCC2)s1. The van der Waals surface area contributed by atoms with E-state index in [1.54, 1.807) is 11.1 Å². The summed E-state index contributed by atoms with van der Waals surface area (Å²) in [4.78, 5) is 31.4. The number of aromatic nitrogens is 1. The van der Waals surface area contributed by atoms with E-state index < -0.39 is 0 Å². The quantitative estimate of drug-likeness (QED) is 0.879. The van der Waals surface area contributed by atoms with E-state index in [9.17, 15) is 9.59 Å². The Morgan fingerprint density at radius 1 is 1.48 bits per heavy atom. The Labute approximate surface area is 129 Å². The Morgan fingerprint density at radius 3 is 2.67 bits per heavy atom. The standard InChI is InChI=1S/C15H23N3O2S/c1-10(2)8-18(14(20)12-5-4-6-12)9-13(19)17-15-16-7-11(3)21-15/h7,10,12H,4-6,8-9H2,1-3H3,(H,16,17,19). The molecule has 5 nitrogen and oxygen atoms in total. The van der Waals surface area contributed by atoms with Crippen molar-refractivity contribution in [2.75, 3.05) is 18.4 Å². The maximum atomic E-state index is 12.4. The molecule has 6 heteroatoms. The van der Waals surface area contributed by atoms with Crippen LogP contribution in [0.5, 0.6) is 0 Å². The molecule has 1 aliphatic rings. The summed E-state index contributed by atoms with van der Waals surface area (Å²) in [6.07, 6.45) is 4.77. The van der Waals surface area contributed by atoms with E-state index in [1.165, 1.54) is 11.3 Å². The topological polar surface area (TPSA) is 62.3 Å². The van der Waals surface area contributed by atoms with Crippen LogP contribution in [0.4, 0.5) is 5.13 Å². The normalized spacial score (nSPS) is 14.9. The fourth-order valence-electron chi connectivity index (χ4n) is 2.33. The van der Waals surface area contributed by atoms with Gasteiger partial charge >= 0.3 is 0 Å². The lowest BCUT2D eigenvalue weighted by molar-refractivity contribution is -0.141. The highest BCUT2D eigenvalue weighted by molar-refractivity contribution is 7.15. The van der Waals surface area contributed by atoms with Crippen LogP contribution < -0.4 is 5.32 Å². The summed E-state index contributed by atoms with van der Waals surface area (Å²) in [6.45, 7) is 6.80. The number of carbonyl (C=O) groups is 2. The van der Waals surface area contributed by atoms with Crippen molar-refractivity contribution in [1.82, 2.24) is 9.88 Å². The summed E-state index contributed by atoms with van der Waals surface area (Å²) < 4.78 is 0. The molecule has 116 valence electrons. The molecule has 0 aromatic carbocycles. The monoisotopic (exact) mass is 309 g/mol. The number of rotatable bonds is 6. The molecule has 1 heterocycles. The van der Waals surface area contributed by atoms with Crippen LogP contribution >= 0.6 is 11.3 Å². The first-order valence-corrected chi connectivity index (χ1v) is 8.28. The number of anilines is 1. The molecule has 21 heavy (non-hydrogen) atoms. The number of hydrogen-bond donors (Lipinski definition) is 1. The van der Waals surface area contributed by atoms with Gasteiger partial charge in [-0.05, 0) is 25.7 Å². The zero-order chi connectivity index (χ0) is 15.4. The summed E-state index contributed by atoms with van der Waals surface area (Å²) >= 11 is 1.44. The predicted octanol–water partition coefficient (Wildman–Crippen LogP) is 2.67. The number of nitrogens with zero attached hydrogens (tertiary/aromatic N) is 2. The molecule has 2 amide bonds. The lowest BCUT2D eigenvalue weighted by Gasteiger charge is -2.32. The number of hydrogen-bond acceptors (Lipinski definition) is 4. The minimum absolute atomic E-state index is 0.117. The van der Waals surface area contributed by atoms with Gasteiger partial charge in [0.1, 0.15) is 0 Å². The summed E-state index contributed by atoms with van der Waals surface area (Å²) in [7, 11) is 0. The van der Waals surface area contributed by atoms with Crippen LogP contribution in [0.25, 0.3) is 0 Å². The van der Waals surface area contributed by atoms with Gasteiger partial charge in [-0.2, -0.15) is 0 Å². The molecule has 0 radical (unpaired) electrons. The fourth-order valence-corrected chi connectivity index (χ4v) is 3.01. The van der Waals surface area contributed by atoms with Crippen molar-refractivity contribution in [1.29, 1.82) is 0 Å². The molecule has 0 aliphatic heterocycles. The number of nitrogens with one attached hydrogen (secondary N) is 1. The Balaban J connectivity index is 1.93. The maximum absolute atomic E-state index is 12.4. The Hall–Kier alpha value is -1.43. The third kappa shape index (κ3) is 4.52. The van der Waals surface area contributed by atoms with Gasteiger partial charge in [-0.15, -0.1) is 11.3 Å². The predicted molar refractivity (Wildman–Crippen MR) is 84.2 cm³/mol. The molecule has 1 aromatic rings. The van der Waals surface area contributed by atoms with Crippen LogP contribution in [0.1, 0.15) is 38.0 Å². The lowest BCUT2D eigenvalue weighted by atomic mass is 9.84. The van der Waals surface area contributed by atoms with E-state index >= 15 is 0 Å². The van der Waals surface area contributed by atoms with Crippen molar-refractivity contribution in [2.45, 2.75) is 40.0 Å². The highest BCUT2D eigenvalue weighted by Gasteiger charge is 2.30. The van der Waals surface area contributed by atoms with E-state index in [0.717, 1.165) is 24.1 Å². The molecule has 0 spiro atoms. The molecule has 0 saturated heterocycles. The Morgan fingerprint density at radius 2 is 2.19 bits per heavy atom. The number of carbonyl (C=O) groups excluding carboxylic acids is 2. The second-order valence-electron chi connectivity index (χ2n) is 6.06. The van der Waals surface area contributed by atoms with Crippen molar-refractivity contribution >= 4 is 28.3 Å². The van der Waals surface area contributed by atoms with Crippen molar-refractivity contribution in [3.63, 3.8) is 0 Å². The number of aryl methyl sites for hydroxylation is 1. The van der Waals surface area contributed by atoms with E-state index in [4.69, 9.17) is 0 Å². The molecular weight excluding hydrogens is 286 g/mol. The van der Waals surface area contributed by atoms with Crippen molar-refractivity contribution in [3.05, 3.63) is 11.1 Å². The minimum Gasteiger partial charge on any atom is -0.333 e. The van der Waals surface area contributed by atoms with Gasteiger partial charge in [0.2, 0.25) is 11.8 Å². The van der Waals surface area contributed by atoms with Gasteiger partial charge < -0.3 is 10.2 Å². The highest BCUT2D eigenvalue weighted by Crippen LogP contribution is 2.28. The third-order valence-corrected chi connectivity index (χ3v) is 4.38. The molecule has 1 aliphatic carbocycles. The first-order valence-electron chi connectivity index (χ1n) is 7.46. The summed E-state index contributed by atoms with van der Waals surface area (Å²) in [5, 5.41) is 3.37. The van der Waals surface area contributed by atoms with Crippen molar-refractivity contribution in [2.24, 2.45) is 11.8 Å². The van der Waals surface area contributed by atoms with Crippen LogP contribution in [0.3, 0.4) is 0 Å². The molecule has 1 aromatic heterocycles. The van der Waals surface area contributed by atoms with E-state index in [1.807, 2.05) is 6.92 Å². The Kier molecular flexibility index (Phi) is 5.33. The lowest BCUT2D eigenvalue weighted by Crippen LogP contribution is -2.44. The van der Waals surface area contributed by atoms with Crippen LogP contribution in [0.15, 0.2) is 6.20 Å². The number of thiazole rings is 1. The molecule has 0 unspecified atom stereocenters. The van der Waals surface area contributed by atoms with Gasteiger partial charge in [0.15, 0.2) is 5.13 Å². The first kappa shape index (κ1) is 15.9. The average molecular weight is 309 g/mol. The molecule has 0 bridgehead atoms. The second-order valence-corrected chi connectivity index (χ2v) is 7.30. The fraction of sp³-hybridized carbons (Fsp3) is 0.667. The molecule has 2 rings (SSSR count). The molecule has 1 N–H and O–H groups in total. The van der Waals surface area contributed by atoms with Gasteiger partial charge in [0.05, 0.1) is 6.54 Å². The van der Waals surface area contributed by atoms with Crippen LogP contribution in [0, 0.1) is 18.8 Å². The van der Waals surface area contributed by atoms with Crippen LogP contribution in [-0.4, -0.2) is 34.8 Å². The average Bonchev–Trinajstić information content (AvgIpc) is 2.70. The van der Waals surface area contributed by atoms with E-state index in [0.29, 0.717) is 17.6 Å². The highest BCUT2D eigenvalue weighted by atomic mass is 32.1.